The van der Waals surface area contributed by atoms with Crippen molar-refractivity contribution in [2.45, 2.75) is 238 Å². The summed E-state index contributed by atoms with van der Waals surface area (Å²) >= 11 is 0. The van der Waals surface area contributed by atoms with Crippen LogP contribution in [0.5, 0.6) is 0 Å². The molecule has 0 fully saturated rings. The Balaban J connectivity index is 3.85. The number of carbonyl (C=O) groups excluding carboxylic acids is 2. The molecule has 0 amide bonds. The molecule has 74 heavy (non-hydrogen) atoms. The van der Waals surface area contributed by atoms with Crippen LogP contribution in [-0.2, 0) is 46.3 Å². The molecule has 0 heterocycles. The van der Waals surface area contributed by atoms with E-state index in [1.807, 2.05) is 0 Å². The minimum Gasteiger partial charge on any atom is -0.463 e. The molecule has 0 saturated carbocycles. The Labute approximate surface area is 447 Å². The first-order chi connectivity index (χ1) is 35.8. The summed E-state index contributed by atoms with van der Waals surface area (Å²) < 4.78 is 53.2. The van der Waals surface area contributed by atoms with Crippen LogP contribution in [0.15, 0.2) is 72.9 Å². The fourth-order valence-electron chi connectivity index (χ4n) is 7.23. The van der Waals surface area contributed by atoms with Gasteiger partial charge in [0.15, 0.2) is 0 Å². The van der Waals surface area contributed by atoms with Crippen molar-refractivity contribution >= 4 is 27.6 Å². The average Bonchev–Trinajstić information content (AvgIpc) is 3.38. The van der Waals surface area contributed by atoms with Crippen LogP contribution in [0, 0.1) is 0 Å². The molecule has 0 spiro atoms. The van der Waals surface area contributed by atoms with Crippen LogP contribution in [0.25, 0.3) is 0 Å². The molecule has 0 rings (SSSR count). The van der Waals surface area contributed by atoms with E-state index in [1.165, 1.54) is 96.3 Å². The normalized spacial score (nSPS) is 15.3. The number of hydrogen-bond acceptors (Lipinski definition) is 13. The van der Waals surface area contributed by atoms with Gasteiger partial charge in [-0.05, 0) is 89.9 Å². The van der Waals surface area contributed by atoms with Gasteiger partial charge in [-0.2, -0.15) is 0 Å². The van der Waals surface area contributed by atoms with Gasteiger partial charge in [-0.3, -0.25) is 27.7 Å². The predicted molar refractivity (Wildman–Crippen MR) is 297 cm³/mol. The monoisotopic (exact) mass is 1090 g/mol. The van der Waals surface area contributed by atoms with E-state index in [2.05, 4.69) is 95.8 Å². The summed E-state index contributed by atoms with van der Waals surface area (Å²) in [6.07, 6.45) is 55.9. The van der Waals surface area contributed by atoms with Crippen LogP contribution in [-0.4, -0.2) is 95.0 Å². The van der Waals surface area contributed by atoms with Gasteiger partial charge in [0.2, 0.25) is 0 Å². The second-order valence-corrected chi connectivity index (χ2v) is 21.9. The molecule has 5 unspecified atom stereocenters. The fourth-order valence-corrected chi connectivity index (χ4v) is 8.82. The Morgan fingerprint density at radius 3 is 0.865 bits per heavy atom. The first-order valence-corrected chi connectivity index (χ1v) is 31.3. The zero-order valence-electron chi connectivity index (χ0n) is 45.7. The summed E-state index contributed by atoms with van der Waals surface area (Å²) in [5, 5.41) is 30.1. The minimum absolute atomic E-state index is 0.173. The largest absolute Gasteiger partial charge is 0.472 e. The van der Waals surface area contributed by atoms with E-state index in [1.54, 1.807) is 0 Å². The number of hydrogen-bond donors (Lipinski definition) is 5. The summed E-state index contributed by atoms with van der Waals surface area (Å²) in [4.78, 5) is 44.0. The number of phosphoric acid groups is 2. The molecule has 5 atom stereocenters. The molecule has 0 bridgehead atoms. The SMILES string of the molecule is CCCCC/C=C\C/C=C\C/C=C\C/C=C\CCCCCCCC(=O)OCC(O)COP(=O)(O)OCC(O)COP(=O)(O)OCC(O)COC(=O)CCCCCCCCCCCCC/C=C\C/C=C\CCCCC. The maximum Gasteiger partial charge on any atom is 0.472 e. The van der Waals surface area contributed by atoms with Gasteiger partial charge in [-0.1, -0.05) is 189 Å². The zero-order valence-corrected chi connectivity index (χ0v) is 47.5. The molecule has 0 aliphatic carbocycles. The van der Waals surface area contributed by atoms with E-state index in [0.29, 0.717) is 12.8 Å². The second kappa shape index (κ2) is 52.5. The number of rotatable bonds is 54. The molecule has 0 aromatic rings. The summed E-state index contributed by atoms with van der Waals surface area (Å²) in [7, 11) is -9.59. The molecular weight excluding hydrogens is 987 g/mol. The van der Waals surface area contributed by atoms with Crippen molar-refractivity contribution in [1.82, 2.24) is 0 Å². The smallest absolute Gasteiger partial charge is 0.463 e. The van der Waals surface area contributed by atoms with Gasteiger partial charge in [0.25, 0.3) is 0 Å². The quantitative estimate of drug-likeness (QED) is 0.0165. The van der Waals surface area contributed by atoms with E-state index in [0.717, 1.165) is 83.5 Å². The van der Waals surface area contributed by atoms with E-state index < -0.39 is 85.5 Å². The molecule has 0 radical (unpaired) electrons. The topological polar surface area (TPSA) is 225 Å². The van der Waals surface area contributed by atoms with Gasteiger partial charge in [0.05, 0.1) is 26.4 Å². The number of carbonyl (C=O) groups is 2. The van der Waals surface area contributed by atoms with E-state index in [4.69, 9.17) is 18.5 Å². The van der Waals surface area contributed by atoms with Gasteiger partial charge < -0.3 is 34.6 Å². The summed E-state index contributed by atoms with van der Waals surface area (Å²) in [5.41, 5.74) is 0. The molecule has 0 aromatic carbocycles. The van der Waals surface area contributed by atoms with E-state index in [9.17, 15) is 43.8 Å². The van der Waals surface area contributed by atoms with Gasteiger partial charge in [0.1, 0.15) is 31.5 Å². The molecule has 0 aliphatic rings. The fraction of sp³-hybridized carbons (Fsp3) is 0.754. The van der Waals surface area contributed by atoms with Crippen molar-refractivity contribution < 1.29 is 71.4 Å². The second-order valence-electron chi connectivity index (χ2n) is 18.9. The zero-order chi connectivity index (χ0) is 54.5. The highest BCUT2D eigenvalue weighted by Crippen LogP contribution is 2.45. The number of phosphoric ester groups is 2. The predicted octanol–water partition coefficient (Wildman–Crippen LogP) is 14.3. The molecule has 0 aliphatic heterocycles. The minimum atomic E-state index is -4.80. The lowest BCUT2D eigenvalue weighted by atomic mass is 10.0. The Bertz CT molecular complexity index is 1600. The van der Waals surface area contributed by atoms with Crippen molar-refractivity contribution in [1.29, 1.82) is 0 Å². The summed E-state index contributed by atoms with van der Waals surface area (Å²) in [5.74, 6) is -1.01. The standard InChI is InChI=1S/C57H102O15P2/c1-3-5-7-9-11-13-15-17-19-21-23-25-27-29-31-33-35-37-39-41-43-45-56(61)67-47-53(58)49-69-73(63,64)71-51-55(60)52-72-74(65,66)70-50-54(59)48-68-57(62)46-44-42-40-38-36-34-32-30-28-26-24-22-20-18-16-14-12-10-8-6-4-2/h11-14,17-20,23,25,29,31,53-55,58-60H,3-10,15-16,21-22,24,26-28,30,32-52H2,1-2H3,(H,63,64)(H,65,66)/b13-11-,14-12-,19-17-,20-18-,25-23-,31-29-. The lowest BCUT2D eigenvalue weighted by molar-refractivity contribution is -0.148. The number of unbranched alkanes of at least 4 members (excludes halogenated alkanes) is 22. The Morgan fingerprint density at radius 1 is 0.351 bits per heavy atom. The maximum atomic E-state index is 12.2. The molecule has 5 N–H and O–H groups in total. The first kappa shape index (κ1) is 71.5. The number of aliphatic hydroxyl groups is 3. The van der Waals surface area contributed by atoms with Crippen LogP contribution < -0.4 is 0 Å². The van der Waals surface area contributed by atoms with Crippen molar-refractivity contribution in [3.8, 4) is 0 Å². The third-order valence-corrected chi connectivity index (χ3v) is 13.5. The van der Waals surface area contributed by atoms with Gasteiger partial charge in [-0.15, -0.1) is 0 Å². The Morgan fingerprint density at radius 2 is 0.581 bits per heavy atom. The van der Waals surface area contributed by atoms with Crippen LogP contribution in [0.2, 0.25) is 0 Å². The first-order valence-electron chi connectivity index (χ1n) is 28.3. The van der Waals surface area contributed by atoms with Crippen molar-refractivity contribution in [2.24, 2.45) is 0 Å². The third-order valence-electron chi connectivity index (χ3n) is 11.6. The lowest BCUT2D eigenvalue weighted by Crippen LogP contribution is -2.25. The molecule has 0 saturated heterocycles. The van der Waals surface area contributed by atoms with Gasteiger partial charge in [-0.25, -0.2) is 9.13 Å². The van der Waals surface area contributed by atoms with Crippen LogP contribution >= 0.6 is 15.6 Å². The average molecular weight is 1090 g/mol. The highest BCUT2D eigenvalue weighted by atomic mass is 31.2. The highest BCUT2D eigenvalue weighted by molar-refractivity contribution is 7.47. The molecular formula is C57H102O15P2. The number of ether oxygens (including phenoxy) is 2. The van der Waals surface area contributed by atoms with Crippen molar-refractivity contribution in [2.75, 3.05) is 39.6 Å². The van der Waals surface area contributed by atoms with Crippen molar-refractivity contribution in [3.63, 3.8) is 0 Å². The molecule has 15 nitrogen and oxygen atoms in total. The highest BCUT2D eigenvalue weighted by Gasteiger charge is 2.28. The van der Waals surface area contributed by atoms with Crippen LogP contribution in [0.3, 0.4) is 0 Å². The van der Waals surface area contributed by atoms with Gasteiger partial charge >= 0.3 is 27.6 Å². The molecule has 0 aromatic heterocycles. The third kappa shape index (κ3) is 54.3. The number of esters is 2. The Kier molecular flexibility index (Phi) is 50.7. The van der Waals surface area contributed by atoms with E-state index >= 15 is 0 Å². The molecule has 17 heteroatoms. The van der Waals surface area contributed by atoms with Gasteiger partial charge in [0, 0.05) is 12.8 Å². The summed E-state index contributed by atoms with van der Waals surface area (Å²) in [6, 6.07) is 0. The van der Waals surface area contributed by atoms with Crippen LogP contribution in [0.4, 0.5) is 0 Å². The number of allylic oxidation sites excluding steroid dienone is 12. The van der Waals surface area contributed by atoms with Crippen molar-refractivity contribution in [3.05, 3.63) is 72.9 Å². The van der Waals surface area contributed by atoms with E-state index in [-0.39, 0.29) is 12.8 Å². The Hall–Kier alpha value is -2.52. The molecule has 430 valence electrons. The lowest BCUT2D eigenvalue weighted by Gasteiger charge is -2.19. The maximum absolute atomic E-state index is 12.2. The summed E-state index contributed by atoms with van der Waals surface area (Å²) in [6.45, 7) is 0.367. The van der Waals surface area contributed by atoms with Crippen LogP contribution in [0.1, 0.15) is 219 Å². The number of aliphatic hydroxyl groups excluding tert-OH is 3.